The first-order chi connectivity index (χ1) is 12.7. The zero-order valence-electron chi connectivity index (χ0n) is 16.4. The smallest absolute Gasteiger partial charge is 0.122 e. The van der Waals surface area contributed by atoms with Crippen LogP contribution in [0.5, 0.6) is 11.5 Å². The summed E-state index contributed by atoms with van der Waals surface area (Å²) in [5.74, 6) is 1.71. The van der Waals surface area contributed by atoms with Gasteiger partial charge in [0.1, 0.15) is 11.5 Å². The van der Waals surface area contributed by atoms with Crippen molar-refractivity contribution < 1.29 is 14.2 Å². The Labute approximate surface area is 179 Å². The van der Waals surface area contributed by atoms with Gasteiger partial charge in [0.15, 0.2) is 0 Å². The summed E-state index contributed by atoms with van der Waals surface area (Å²) in [5.41, 5.74) is 8.59. The average Bonchev–Trinajstić information content (AvgIpc) is 2.69. The molecule has 2 aromatic carbocycles. The molecule has 1 unspecified atom stereocenters. The predicted molar refractivity (Wildman–Crippen MR) is 117 cm³/mol. The molecule has 7 heteroatoms. The molecule has 1 atom stereocenters. The standard InChI is InChI=1S/C21H28N2O3.2ClH/c1-24-18-9-5-3-7-16(18)13-21(22,20-15-23-11-12-26-20)14-17-8-4-6-10-19(17)25-2;;/h3-10,20,23H,11-15,22H2,1-2H3;2*1H. The summed E-state index contributed by atoms with van der Waals surface area (Å²) >= 11 is 0. The molecule has 1 saturated heterocycles. The lowest BCUT2D eigenvalue weighted by Gasteiger charge is -2.40. The number of methoxy groups -OCH3 is 2. The van der Waals surface area contributed by atoms with Gasteiger partial charge in [-0.3, -0.25) is 0 Å². The second-order valence-corrected chi connectivity index (χ2v) is 6.77. The molecule has 28 heavy (non-hydrogen) atoms. The zero-order chi connectivity index (χ0) is 18.4. The van der Waals surface area contributed by atoms with Gasteiger partial charge in [-0.15, -0.1) is 24.8 Å². The van der Waals surface area contributed by atoms with Crippen molar-refractivity contribution in [2.45, 2.75) is 24.5 Å². The quantitative estimate of drug-likeness (QED) is 0.709. The highest BCUT2D eigenvalue weighted by molar-refractivity contribution is 5.85. The Kier molecular flexibility index (Phi) is 10.1. The van der Waals surface area contributed by atoms with Crippen LogP contribution in [0.4, 0.5) is 0 Å². The molecule has 0 saturated carbocycles. The van der Waals surface area contributed by atoms with Crippen molar-refractivity contribution in [3.8, 4) is 11.5 Å². The Morgan fingerprint density at radius 3 is 1.89 bits per heavy atom. The molecule has 2 aromatic rings. The summed E-state index contributed by atoms with van der Waals surface area (Å²) < 4.78 is 17.1. The molecule has 1 aliphatic rings. The molecule has 1 fully saturated rings. The van der Waals surface area contributed by atoms with Crippen molar-refractivity contribution in [1.82, 2.24) is 5.32 Å². The third-order valence-electron chi connectivity index (χ3n) is 4.99. The number of nitrogens with one attached hydrogen (secondary N) is 1. The number of morpholine rings is 1. The Hall–Kier alpha value is -1.50. The average molecular weight is 429 g/mol. The molecule has 0 aromatic heterocycles. The van der Waals surface area contributed by atoms with Crippen molar-refractivity contribution in [1.29, 1.82) is 0 Å². The van der Waals surface area contributed by atoms with Crippen molar-refractivity contribution in [3.05, 3.63) is 59.7 Å². The summed E-state index contributed by atoms with van der Waals surface area (Å²) in [5, 5.41) is 3.40. The van der Waals surface area contributed by atoms with Crippen LogP contribution in [0.2, 0.25) is 0 Å². The Balaban J connectivity index is 0.00000196. The van der Waals surface area contributed by atoms with E-state index in [2.05, 4.69) is 17.4 Å². The maximum atomic E-state index is 7.01. The molecule has 0 spiro atoms. The molecule has 3 rings (SSSR count). The minimum Gasteiger partial charge on any atom is -0.496 e. The summed E-state index contributed by atoms with van der Waals surface area (Å²) in [6.07, 6.45) is 1.22. The van der Waals surface area contributed by atoms with E-state index in [1.165, 1.54) is 0 Å². The summed E-state index contributed by atoms with van der Waals surface area (Å²) in [7, 11) is 3.38. The van der Waals surface area contributed by atoms with Crippen LogP contribution in [0.3, 0.4) is 0 Å². The number of halogens is 2. The van der Waals surface area contributed by atoms with Crippen LogP contribution in [0.1, 0.15) is 11.1 Å². The van der Waals surface area contributed by atoms with Gasteiger partial charge in [-0.2, -0.15) is 0 Å². The van der Waals surface area contributed by atoms with E-state index in [0.717, 1.165) is 35.7 Å². The number of benzene rings is 2. The Morgan fingerprint density at radius 1 is 0.964 bits per heavy atom. The highest BCUT2D eigenvalue weighted by Gasteiger charge is 2.38. The van der Waals surface area contributed by atoms with Gasteiger partial charge in [0.25, 0.3) is 0 Å². The lowest BCUT2D eigenvalue weighted by molar-refractivity contribution is -0.0218. The van der Waals surface area contributed by atoms with Crippen molar-refractivity contribution in [2.75, 3.05) is 33.9 Å². The highest BCUT2D eigenvalue weighted by Crippen LogP contribution is 2.30. The number of nitrogens with two attached hydrogens (primary N) is 1. The van der Waals surface area contributed by atoms with Gasteiger partial charge in [0, 0.05) is 13.1 Å². The van der Waals surface area contributed by atoms with Crippen LogP contribution in [-0.4, -0.2) is 45.6 Å². The number of hydrogen-bond acceptors (Lipinski definition) is 5. The molecule has 1 aliphatic heterocycles. The van der Waals surface area contributed by atoms with Gasteiger partial charge in [-0.1, -0.05) is 36.4 Å². The van der Waals surface area contributed by atoms with Crippen molar-refractivity contribution >= 4 is 24.8 Å². The number of rotatable bonds is 7. The largest absolute Gasteiger partial charge is 0.496 e. The van der Waals surface area contributed by atoms with Gasteiger partial charge in [0.05, 0.1) is 32.5 Å². The van der Waals surface area contributed by atoms with Crippen molar-refractivity contribution in [3.63, 3.8) is 0 Å². The van der Waals surface area contributed by atoms with E-state index in [4.69, 9.17) is 19.9 Å². The Bertz CT molecular complexity index is 675. The lowest BCUT2D eigenvalue weighted by atomic mass is 9.80. The fourth-order valence-corrected chi connectivity index (χ4v) is 3.63. The molecular weight excluding hydrogens is 399 g/mol. The van der Waals surface area contributed by atoms with E-state index in [9.17, 15) is 0 Å². The third kappa shape index (κ3) is 5.75. The van der Waals surface area contributed by atoms with E-state index in [1.807, 2.05) is 36.4 Å². The molecule has 0 amide bonds. The molecular formula is C21H30Cl2N2O3. The fraction of sp³-hybridized carbons (Fsp3) is 0.429. The fourth-order valence-electron chi connectivity index (χ4n) is 3.63. The maximum Gasteiger partial charge on any atom is 0.122 e. The first-order valence-electron chi connectivity index (χ1n) is 9.01. The van der Waals surface area contributed by atoms with Crippen LogP contribution < -0.4 is 20.5 Å². The molecule has 3 N–H and O–H groups in total. The Morgan fingerprint density at radius 2 is 1.46 bits per heavy atom. The summed E-state index contributed by atoms with van der Waals surface area (Å²) in [6.45, 7) is 2.26. The number of para-hydroxylation sites is 2. The molecule has 1 heterocycles. The van der Waals surface area contributed by atoms with Gasteiger partial charge in [0.2, 0.25) is 0 Å². The van der Waals surface area contributed by atoms with Crippen LogP contribution in [-0.2, 0) is 17.6 Å². The monoisotopic (exact) mass is 428 g/mol. The van der Waals surface area contributed by atoms with Gasteiger partial charge in [-0.25, -0.2) is 0 Å². The SMILES string of the molecule is COc1ccccc1CC(N)(Cc1ccccc1OC)C1CNCCO1.Cl.Cl. The van der Waals surface area contributed by atoms with E-state index < -0.39 is 5.54 Å². The molecule has 0 bridgehead atoms. The van der Waals surface area contributed by atoms with E-state index in [-0.39, 0.29) is 30.9 Å². The van der Waals surface area contributed by atoms with Crippen LogP contribution >= 0.6 is 24.8 Å². The first-order valence-corrected chi connectivity index (χ1v) is 9.01. The predicted octanol–water partition coefficient (Wildman–Crippen LogP) is 3.02. The molecule has 0 radical (unpaired) electrons. The van der Waals surface area contributed by atoms with E-state index >= 15 is 0 Å². The van der Waals surface area contributed by atoms with E-state index in [0.29, 0.717) is 19.4 Å². The van der Waals surface area contributed by atoms with Crippen molar-refractivity contribution in [2.24, 2.45) is 5.73 Å². The third-order valence-corrected chi connectivity index (χ3v) is 4.99. The van der Waals surface area contributed by atoms with Crippen LogP contribution in [0.25, 0.3) is 0 Å². The summed E-state index contributed by atoms with van der Waals surface area (Å²) in [6, 6.07) is 16.1. The lowest BCUT2D eigenvalue weighted by Crippen LogP contribution is -2.61. The van der Waals surface area contributed by atoms with Crippen LogP contribution in [0, 0.1) is 0 Å². The number of hydrogen-bond donors (Lipinski definition) is 2. The first kappa shape index (κ1) is 24.5. The highest BCUT2D eigenvalue weighted by atomic mass is 35.5. The topological polar surface area (TPSA) is 65.7 Å². The molecule has 156 valence electrons. The van der Waals surface area contributed by atoms with E-state index in [1.54, 1.807) is 14.2 Å². The zero-order valence-corrected chi connectivity index (χ0v) is 18.0. The molecule has 5 nitrogen and oxygen atoms in total. The minimum absolute atomic E-state index is 0. The normalized spacial score (nSPS) is 16.5. The summed E-state index contributed by atoms with van der Waals surface area (Å²) in [4.78, 5) is 0. The maximum absolute atomic E-state index is 7.01. The van der Waals surface area contributed by atoms with Gasteiger partial charge >= 0.3 is 0 Å². The van der Waals surface area contributed by atoms with Crippen LogP contribution in [0.15, 0.2) is 48.5 Å². The van der Waals surface area contributed by atoms with Gasteiger partial charge < -0.3 is 25.3 Å². The van der Waals surface area contributed by atoms with Gasteiger partial charge in [-0.05, 0) is 36.1 Å². The minimum atomic E-state index is -0.587. The molecule has 0 aliphatic carbocycles. The second kappa shape index (κ2) is 11.5. The second-order valence-electron chi connectivity index (χ2n) is 6.77. The number of ether oxygens (including phenoxy) is 3.